The molecular weight excluding hydrogens is 492 g/mol. The van der Waals surface area contributed by atoms with Gasteiger partial charge < -0.3 is 20.7 Å². The van der Waals surface area contributed by atoms with Crippen LogP contribution in [-0.4, -0.2) is 33.8 Å². The van der Waals surface area contributed by atoms with Gasteiger partial charge in [-0.05, 0) is 71.4 Å². The maximum absolute atomic E-state index is 6.11. The summed E-state index contributed by atoms with van der Waals surface area (Å²) in [7, 11) is 1.68. The van der Waals surface area contributed by atoms with Crippen LogP contribution in [0.5, 0.6) is 5.75 Å². The Bertz CT molecular complexity index is 1240. The molecule has 0 amide bonds. The van der Waals surface area contributed by atoms with Gasteiger partial charge in [-0.25, -0.2) is 9.50 Å². The standard InChI is InChI=1S/C26H29BrN6O/c1-34-22-13-7-18(8-14-22)17-32(21-5-3-2-4-6-21)23-15-25(30-20-11-9-19(28)10-12-20)31-33-24(27)16-29-26(23)33/h2-8,13-16,19-20H,9-12,17,28H2,1H3,(H,30,31)/t19-,20-. The van der Waals surface area contributed by atoms with Gasteiger partial charge in [-0.3, -0.25) is 0 Å². The molecule has 1 fully saturated rings. The number of para-hydroxylation sites is 1. The highest BCUT2D eigenvalue weighted by Gasteiger charge is 2.22. The van der Waals surface area contributed by atoms with Crippen molar-refractivity contribution in [3.05, 3.63) is 77.0 Å². The Morgan fingerprint density at radius 1 is 1.09 bits per heavy atom. The predicted octanol–water partition coefficient (Wildman–Crippen LogP) is 5.52. The van der Waals surface area contributed by atoms with Crippen LogP contribution in [0.4, 0.5) is 17.2 Å². The Balaban J connectivity index is 1.55. The summed E-state index contributed by atoms with van der Waals surface area (Å²) >= 11 is 3.62. The number of hydrogen-bond donors (Lipinski definition) is 2. The molecule has 0 unspecified atom stereocenters. The van der Waals surface area contributed by atoms with Crippen molar-refractivity contribution < 1.29 is 4.74 Å². The van der Waals surface area contributed by atoms with Crippen LogP contribution >= 0.6 is 15.9 Å². The van der Waals surface area contributed by atoms with Crippen LogP contribution in [0.25, 0.3) is 5.65 Å². The molecule has 0 aliphatic heterocycles. The molecule has 1 saturated carbocycles. The van der Waals surface area contributed by atoms with Crippen LogP contribution in [0, 0.1) is 0 Å². The average Bonchev–Trinajstić information content (AvgIpc) is 3.25. The van der Waals surface area contributed by atoms with E-state index in [1.54, 1.807) is 13.3 Å². The normalized spacial score (nSPS) is 18.1. The van der Waals surface area contributed by atoms with Crippen molar-refractivity contribution >= 4 is 38.8 Å². The molecule has 0 spiro atoms. The summed E-state index contributed by atoms with van der Waals surface area (Å²) in [6.07, 6.45) is 5.97. The molecule has 0 bridgehead atoms. The number of nitrogens with zero attached hydrogens (tertiary/aromatic N) is 4. The number of methoxy groups -OCH3 is 1. The van der Waals surface area contributed by atoms with Crippen LogP contribution in [0.2, 0.25) is 0 Å². The van der Waals surface area contributed by atoms with Gasteiger partial charge >= 0.3 is 0 Å². The molecule has 176 valence electrons. The first-order chi connectivity index (χ1) is 16.6. The van der Waals surface area contributed by atoms with Gasteiger partial charge in [0, 0.05) is 30.4 Å². The van der Waals surface area contributed by atoms with Crippen LogP contribution in [-0.2, 0) is 6.54 Å². The fraction of sp³-hybridized carbons (Fsp3) is 0.308. The molecule has 3 N–H and O–H groups in total. The molecule has 8 heteroatoms. The number of fused-ring (bicyclic) bond motifs is 1. The molecule has 2 aromatic carbocycles. The second kappa shape index (κ2) is 10.0. The van der Waals surface area contributed by atoms with Gasteiger partial charge in [0.2, 0.25) is 0 Å². The van der Waals surface area contributed by atoms with Crippen molar-refractivity contribution in [2.24, 2.45) is 5.73 Å². The Morgan fingerprint density at radius 2 is 1.82 bits per heavy atom. The van der Waals surface area contributed by atoms with E-state index in [4.69, 9.17) is 15.6 Å². The van der Waals surface area contributed by atoms with Gasteiger partial charge in [-0.2, -0.15) is 0 Å². The minimum absolute atomic E-state index is 0.310. The Hall–Kier alpha value is -3.10. The largest absolute Gasteiger partial charge is 0.497 e. The smallest absolute Gasteiger partial charge is 0.178 e. The summed E-state index contributed by atoms with van der Waals surface area (Å²) < 4.78 is 8.01. The molecule has 5 rings (SSSR count). The maximum atomic E-state index is 6.11. The highest BCUT2D eigenvalue weighted by Crippen LogP contribution is 2.34. The molecule has 4 aromatic rings. The summed E-state index contributed by atoms with van der Waals surface area (Å²) in [5.74, 6) is 1.68. The van der Waals surface area contributed by atoms with Crippen LogP contribution in [0.15, 0.2) is 71.5 Å². The number of anilines is 3. The number of halogens is 1. The zero-order valence-corrected chi connectivity index (χ0v) is 20.8. The molecule has 34 heavy (non-hydrogen) atoms. The molecule has 1 aliphatic carbocycles. The number of imidazole rings is 1. The monoisotopic (exact) mass is 520 g/mol. The van der Waals surface area contributed by atoms with Gasteiger partial charge in [-0.15, -0.1) is 5.10 Å². The third-order valence-corrected chi connectivity index (χ3v) is 6.93. The zero-order chi connectivity index (χ0) is 23.5. The van der Waals surface area contributed by atoms with E-state index >= 15 is 0 Å². The van der Waals surface area contributed by atoms with Gasteiger partial charge in [0.05, 0.1) is 19.0 Å². The molecule has 0 radical (unpaired) electrons. The van der Waals surface area contributed by atoms with Crippen molar-refractivity contribution in [1.82, 2.24) is 14.6 Å². The minimum atomic E-state index is 0.310. The highest BCUT2D eigenvalue weighted by molar-refractivity contribution is 9.10. The van der Waals surface area contributed by atoms with E-state index in [-0.39, 0.29) is 0 Å². The number of nitrogens with one attached hydrogen (secondary N) is 1. The number of aromatic nitrogens is 3. The summed E-state index contributed by atoms with van der Waals surface area (Å²) in [4.78, 5) is 6.96. The molecule has 7 nitrogen and oxygen atoms in total. The molecule has 2 aromatic heterocycles. The average molecular weight is 521 g/mol. The third kappa shape index (κ3) is 4.88. The topological polar surface area (TPSA) is 80.7 Å². The van der Waals surface area contributed by atoms with E-state index in [1.165, 1.54) is 5.56 Å². The summed E-state index contributed by atoms with van der Waals surface area (Å²) in [6.45, 7) is 0.676. The Morgan fingerprint density at radius 3 is 2.53 bits per heavy atom. The number of hydrogen-bond acceptors (Lipinski definition) is 6. The molecular formula is C26H29BrN6O. The lowest BCUT2D eigenvalue weighted by atomic mass is 9.92. The van der Waals surface area contributed by atoms with Gasteiger partial charge in [0.1, 0.15) is 16.2 Å². The zero-order valence-electron chi connectivity index (χ0n) is 19.2. The van der Waals surface area contributed by atoms with Crippen LogP contribution in [0.3, 0.4) is 0 Å². The Labute approximate surface area is 208 Å². The second-order valence-electron chi connectivity index (χ2n) is 8.76. The predicted molar refractivity (Wildman–Crippen MR) is 140 cm³/mol. The Kier molecular flexibility index (Phi) is 6.69. The fourth-order valence-electron chi connectivity index (χ4n) is 4.50. The number of rotatable bonds is 7. The quantitative estimate of drug-likeness (QED) is 0.333. The first kappa shape index (κ1) is 22.7. The van der Waals surface area contributed by atoms with E-state index in [9.17, 15) is 0 Å². The van der Waals surface area contributed by atoms with Crippen molar-refractivity contribution in [3.63, 3.8) is 0 Å². The van der Waals surface area contributed by atoms with E-state index in [1.807, 2.05) is 22.7 Å². The van der Waals surface area contributed by atoms with Gasteiger partial charge in [0.15, 0.2) is 5.65 Å². The van der Waals surface area contributed by atoms with E-state index in [0.717, 1.165) is 58.9 Å². The SMILES string of the molecule is COc1ccc(CN(c2ccccc2)c2cc(N[C@H]3CC[C@H](N)CC3)nn3c(Br)cnc23)cc1. The second-order valence-corrected chi connectivity index (χ2v) is 9.57. The summed E-state index contributed by atoms with van der Waals surface area (Å²) in [5.41, 5.74) is 10.1. The fourth-order valence-corrected chi connectivity index (χ4v) is 4.85. The van der Waals surface area contributed by atoms with E-state index in [2.05, 4.69) is 73.6 Å². The van der Waals surface area contributed by atoms with Crippen molar-refractivity contribution in [3.8, 4) is 5.75 Å². The summed E-state index contributed by atoms with van der Waals surface area (Å²) in [5, 5.41) is 8.49. The number of benzene rings is 2. The first-order valence-electron chi connectivity index (χ1n) is 11.6. The number of ether oxygens (including phenoxy) is 1. The maximum Gasteiger partial charge on any atom is 0.178 e. The van der Waals surface area contributed by atoms with Crippen LogP contribution in [0.1, 0.15) is 31.2 Å². The third-order valence-electron chi connectivity index (χ3n) is 6.39. The van der Waals surface area contributed by atoms with Crippen LogP contribution < -0.4 is 20.7 Å². The lowest BCUT2D eigenvalue weighted by Crippen LogP contribution is -2.33. The minimum Gasteiger partial charge on any atom is -0.497 e. The van der Waals surface area contributed by atoms with Crippen molar-refractivity contribution in [1.29, 1.82) is 0 Å². The molecule has 2 heterocycles. The first-order valence-corrected chi connectivity index (χ1v) is 12.4. The van der Waals surface area contributed by atoms with E-state index < -0.39 is 0 Å². The number of nitrogens with two attached hydrogens (primary N) is 1. The van der Waals surface area contributed by atoms with Gasteiger partial charge in [0.25, 0.3) is 0 Å². The van der Waals surface area contributed by atoms with Crippen molar-refractivity contribution in [2.75, 3.05) is 17.3 Å². The summed E-state index contributed by atoms with van der Waals surface area (Å²) in [6, 6.07) is 21.4. The van der Waals surface area contributed by atoms with Crippen molar-refractivity contribution in [2.45, 2.75) is 44.3 Å². The van der Waals surface area contributed by atoms with E-state index in [0.29, 0.717) is 18.6 Å². The molecule has 0 saturated heterocycles. The lowest BCUT2D eigenvalue weighted by molar-refractivity contribution is 0.410. The lowest BCUT2D eigenvalue weighted by Gasteiger charge is -2.29. The highest BCUT2D eigenvalue weighted by atomic mass is 79.9. The molecule has 1 aliphatic rings. The molecule has 0 atom stereocenters. The van der Waals surface area contributed by atoms with Gasteiger partial charge in [-0.1, -0.05) is 30.3 Å².